The number of halogens is 7. The summed E-state index contributed by atoms with van der Waals surface area (Å²) in [5, 5.41) is 4.26. The molecule has 1 aromatic carbocycles. The van der Waals surface area contributed by atoms with Crippen LogP contribution in [-0.2, 0) is 12.7 Å². The van der Waals surface area contributed by atoms with Gasteiger partial charge in [-0.05, 0) is 24.0 Å². The Kier molecular flexibility index (Phi) is 5.22. The molecule has 26 heavy (non-hydrogen) atoms. The van der Waals surface area contributed by atoms with Gasteiger partial charge in [-0.3, -0.25) is 0 Å². The Hall–Kier alpha value is -1.35. The van der Waals surface area contributed by atoms with E-state index in [2.05, 4.69) is 5.32 Å². The van der Waals surface area contributed by atoms with E-state index in [-0.39, 0.29) is 18.7 Å². The second kappa shape index (κ2) is 6.99. The number of alkyl halides is 6. The highest BCUT2D eigenvalue weighted by Crippen LogP contribution is 2.52. The molecule has 0 bridgehead atoms. The Morgan fingerprint density at radius 2 is 1.69 bits per heavy atom. The normalized spacial score (nSPS) is 26.2. The molecule has 0 N–H and O–H groups in total. The number of hydrogen-bond acceptors (Lipinski definition) is 1. The fourth-order valence-electron chi connectivity index (χ4n) is 3.71. The van der Waals surface area contributed by atoms with E-state index in [4.69, 9.17) is 0 Å². The van der Waals surface area contributed by atoms with Gasteiger partial charge in [-0.25, -0.2) is 4.39 Å². The fourth-order valence-corrected chi connectivity index (χ4v) is 3.71. The molecular formula is C17H18F7N2-. The van der Waals surface area contributed by atoms with Gasteiger partial charge >= 0.3 is 12.4 Å². The van der Waals surface area contributed by atoms with Crippen LogP contribution in [0.1, 0.15) is 17.5 Å². The van der Waals surface area contributed by atoms with E-state index in [1.54, 1.807) is 4.90 Å². The monoisotopic (exact) mass is 383 g/mol. The largest absolute Gasteiger partial charge is 0.658 e. The number of nitrogens with zero attached hydrogens (tertiary/aromatic N) is 2. The van der Waals surface area contributed by atoms with Crippen molar-refractivity contribution in [3.05, 3.63) is 40.5 Å². The van der Waals surface area contributed by atoms with Crippen molar-refractivity contribution in [1.82, 2.24) is 4.90 Å². The van der Waals surface area contributed by atoms with Gasteiger partial charge in [0.05, 0.1) is 12.0 Å². The minimum atomic E-state index is -4.74. The van der Waals surface area contributed by atoms with Gasteiger partial charge in [-0.1, -0.05) is 17.5 Å². The summed E-state index contributed by atoms with van der Waals surface area (Å²) in [4.78, 5) is 1.80. The molecule has 146 valence electrons. The van der Waals surface area contributed by atoms with Crippen molar-refractivity contribution in [2.24, 2.45) is 17.8 Å². The predicted octanol–water partition coefficient (Wildman–Crippen LogP) is 4.85. The van der Waals surface area contributed by atoms with Gasteiger partial charge < -0.3 is 10.2 Å². The molecule has 1 aliphatic heterocycles. The average Bonchev–Trinajstić information content (AvgIpc) is 2.97. The lowest BCUT2D eigenvalue weighted by Gasteiger charge is -2.24. The predicted molar refractivity (Wildman–Crippen MR) is 80.9 cm³/mol. The van der Waals surface area contributed by atoms with E-state index < -0.39 is 30.2 Å². The molecule has 3 rings (SSSR count). The zero-order chi connectivity index (χ0) is 19.1. The van der Waals surface area contributed by atoms with Gasteiger partial charge in [0.15, 0.2) is 0 Å². The summed E-state index contributed by atoms with van der Waals surface area (Å²) < 4.78 is 87.9. The number of piperidine rings is 1. The van der Waals surface area contributed by atoms with Gasteiger partial charge in [0.2, 0.25) is 0 Å². The van der Waals surface area contributed by atoms with Crippen molar-refractivity contribution >= 4 is 0 Å². The van der Waals surface area contributed by atoms with Crippen LogP contribution in [0.2, 0.25) is 0 Å². The number of rotatable bonds is 6. The van der Waals surface area contributed by atoms with Crippen molar-refractivity contribution in [3.63, 3.8) is 0 Å². The summed E-state index contributed by atoms with van der Waals surface area (Å²) in [5.41, 5.74) is -1.01. The third-order valence-electron chi connectivity index (χ3n) is 5.13. The molecule has 1 aliphatic carbocycles. The first-order chi connectivity index (χ1) is 12.0. The number of likely N-dealkylation sites (tertiary alicyclic amines) is 1. The van der Waals surface area contributed by atoms with Gasteiger partial charge in [0.1, 0.15) is 5.82 Å². The smallest absolute Gasteiger partial charge is 0.419 e. The number of hydrogen-bond donors (Lipinski definition) is 0. The first-order valence-corrected chi connectivity index (χ1v) is 8.32. The Labute approximate surface area is 146 Å². The molecule has 2 nitrogen and oxygen atoms in total. The molecule has 2 fully saturated rings. The molecule has 0 radical (unpaired) electrons. The maximum absolute atomic E-state index is 13.2. The highest BCUT2D eigenvalue weighted by molar-refractivity contribution is 5.28. The van der Waals surface area contributed by atoms with Crippen LogP contribution < -0.4 is 0 Å². The lowest BCUT2D eigenvalue weighted by molar-refractivity contribution is -0.140. The summed E-state index contributed by atoms with van der Waals surface area (Å²) in [6.45, 7) is 1.79. The molecule has 1 heterocycles. The first-order valence-electron chi connectivity index (χ1n) is 8.32. The molecule has 2 unspecified atom stereocenters. The lowest BCUT2D eigenvalue weighted by atomic mass is 10.1. The molecule has 2 atom stereocenters. The molecule has 1 aromatic rings. The Bertz CT molecular complexity index is 629. The summed E-state index contributed by atoms with van der Waals surface area (Å²) in [6, 6.07) is 2.84. The summed E-state index contributed by atoms with van der Waals surface area (Å²) in [5.74, 6) is -0.367. The van der Waals surface area contributed by atoms with Gasteiger partial charge in [-0.15, -0.1) is 13.1 Å². The van der Waals surface area contributed by atoms with Crippen molar-refractivity contribution in [2.75, 3.05) is 26.2 Å². The topological polar surface area (TPSA) is 17.3 Å². The Balaban J connectivity index is 1.40. The molecule has 0 amide bonds. The maximum Gasteiger partial charge on any atom is 0.419 e. The average molecular weight is 383 g/mol. The minimum absolute atomic E-state index is 0.0101. The summed E-state index contributed by atoms with van der Waals surface area (Å²) in [6.07, 6.45) is -9.70. The quantitative estimate of drug-likeness (QED) is 0.642. The number of benzene rings is 1. The minimum Gasteiger partial charge on any atom is -0.658 e. The van der Waals surface area contributed by atoms with Crippen molar-refractivity contribution in [2.45, 2.75) is 25.3 Å². The van der Waals surface area contributed by atoms with E-state index >= 15 is 0 Å². The molecule has 0 aromatic heterocycles. The summed E-state index contributed by atoms with van der Waals surface area (Å²) >= 11 is 0. The fraction of sp³-hybridized carbons (Fsp3) is 0.647. The summed E-state index contributed by atoms with van der Waals surface area (Å²) in [7, 11) is 0. The van der Waals surface area contributed by atoms with Crippen LogP contribution in [0, 0.1) is 23.6 Å². The van der Waals surface area contributed by atoms with Crippen molar-refractivity contribution < 1.29 is 30.7 Å². The SMILES string of the molecule is Fc1ccc(C[N-]CC2C3CN(CCC(F)(F)F)CC23)cc1C(F)(F)F. The third kappa shape index (κ3) is 4.68. The molecule has 1 saturated carbocycles. The van der Waals surface area contributed by atoms with Gasteiger partial charge in [0, 0.05) is 19.6 Å². The highest BCUT2D eigenvalue weighted by Gasteiger charge is 2.53. The zero-order valence-corrected chi connectivity index (χ0v) is 13.7. The molecule has 1 saturated heterocycles. The van der Waals surface area contributed by atoms with Gasteiger partial charge in [0.25, 0.3) is 0 Å². The molecule has 9 heteroatoms. The van der Waals surface area contributed by atoms with Crippen molar-refractivity contribution in [1.29, 1.82) is 0 Å². The molecule has 2 aliphatic rings. The highest BCUT2D eigenvalue weighted by atomic mass is 19.4. The zero-order valence-electron chi connectivity index (χ0n) is 13.7. The standard InChI is InChI=1S/C17H18F7N2/c18-15-2-1-10(5-14(15)17(22,23)24)6-25-7-11-12-8-26(9-13(11)12)4-3-16(19,20)21/h1-2,5,11-13H,3-4,6-9H2/q-1. The van der Waals surface area contributed by atoms with Crippen LogP contribution in [0.25, 0.3) is 5.32 Å². The Morgan fingerprint density at radius 3 is 2.27 bits per heavy atom. The van der Waals surface area contributed by atoms with Gasteiger partial charge in [-0.2, -0.15) is 26.3 Å². The van der Waals surface area contributed by atoms with Crippen LogP contribution >= 0.6 is 0 Å². The van der Waals surface area contributed by atoms with Crippen LogP contribution in [0.4, 0.5) is 30.7 Å². The number of fused-ring (bicyclic) bond motifs is 1. The van der Waals surface area contributed by atoms with E-state index in [0.29, 0.717) is 37.4 Å². The van der Waals surface area contributed by atoms with Crippen LogP contribution in [-0.4, -0.2) is 37.3 Å². The second-order valence-corrected chi connectivity index (χ2v) is 6.99. The third-order valence-corrected chi connectivity index (χ3v) is 5.13. The molecule has 0 spiro atoms. The van der Waals surface area contributed by atoms with Crippen molar-refractivity contribution in [3.8, 4) is 0 Å². The second-order valence-electron chi connectivity index (χ2n) is 6.99. The van der Waals surface area contributed by atoms with E-state index in [9.17, 15) is 30.7 Å². The van der Waals surface area contributed by atoms with E-state index in [1.165, 1.54) is 6.07 Å². The van der Waals surface area contributed by atoms with Crippen LogP contribution in [0.5, 0.6) is 0 Å². The van der Waals surface area contributed by atoms with E-state index in [1.807, 2.05) is 0 Å². The molecular weight excluding hydrogens is 365 g/mol. The van der Waals surface area contributed by atoms with E-state index in [0.717, 1.165) is 12.1 Å². The van der Waals surface area contributed by atoms with Crippen LogP contribution in [0.3, 0.4) is 0 Å². The van der Waals surface area contributed by atoms with Crippen LogP contribution in [0.15, 0.2) is 18.2 Å². The lowest BCUT2D eigenvalue weighted by Crippen LogP contribution is -2.29. The first kappa shape index (κ1) is 19.4. The maximum atomic E-state index is 13.2. The Morgan fingerprint density at radius 1 is 1.04 bits per heavy atom.